The molecule has 7 heteroatoms. The lowest BCUT2D eigenvalue weighted by Gasteiger charge is -2.12. The van der Waals surface area contributed by atoms with E-state index in [1.54, 1.807) is 60.7 Å². The second kappa shape index (κ2) is 12.6. The molecule has 5 nitrogen and oxygen atoms in total. The molecule has 0 unspecified atom stereocenters. The number of hydrogen-bond acceptors (Lipinski definition) is 3. The first-order chi connectivity index (χ1) is 18.8. The number of benzene rings is 4. The lowest BCUT2D eigenvalue weighted by molar-refractivity contribution is -0.113. The van der Waals surface area contributed by atoms with Gasteiger partial charge in [0.15, 0.2) is 5.78 Å². The lowest BCUT2D eigenvalue weighted by Crippen LogP contribution is -2.30. The van der Waals surface area contributed by atoms with Crippen molar-refractivity contribution in [2.24, 2.45) is 0 Å². The zero-order valence-electron chi connectivity index (χ0n) is 21.0. The van der Waals surface area contributed by atoms with E-state index in [0.717, 1.165) is 11.1 Å². The molecule has 39 heavy (non-hydrogen) atoms. The van der Waals surface area contributed by atoms with Crippen LogP contribution >= 0.6 is 11.6 Å². The standard InChI is InChI=1S/C32H24ClFN2O3/c1-21-7-5-8-22(19-21)13-18-30(37)23-14-16-25(17-15-23)35-32(39)29(20-26-27(33)11-6-12-28(26)34)36-31(38)24-9-3-2-4-10-24/h2-20H,1H3,(H,35,39)(H,36,38)/b18-13+,29-20-. The van der Waals surface area contributed by atoms with E-state index >= 15 is 0 Å². The van der Waals surface area contributed by atoms with E-state index in [-0.39, 0.29) is 22.1 Å². The van der Waals surface area contributed by atoms with Crippen molar-refractivity contribution in [2.45, 2.75) is 6.92 Å². The third kappa shape index (κ3) is 7.37. The Morgan fingerprint density at radius 3 is 2.23 bits per heavy atom. The molecule has 0 aliphatic rings. The number of halogens is 2. The van der Waals surface area contributed by atoms with Gasteiger partial charge in [0.05, 0.1) is 5.02 Å². The van der Waals surface area contributed by atoms with Crippen molar-refractivity contribution >= 4 is 47.0 Å². The summed E-state index contributed by atoms with van der Waals surface area (Å²) in [6.07, 6.45) is 4.41. The van der Waals surface area contributed by atoms with E-state index in [1.165, 1.54) is 30.4 Å². The average molecular weight is 539 g/mol. The van der Waals surface area contributed by atoms with Gasteiger partial charge >= 0.3 is 0 Å². The predicted molar refractivity (Wildman–Crippen MR) is 153 cm³/mol. The van der Waals surface area contributed by atoms with E-state index in [9.17, 15) is 18.8 Å². The molecule has 0 aromatic heterocycles. The van der Waals surface area contributed by atoms with Gasteiger partial charge in [-0.05, 0) is 73.2 Å². The topological polar surface area (TPSA) is 75.3 Å². The number of carbonyl (C=O) groups is 3. The molecule has 2 N–H and O–H groups in total. The van der Waals surface area contributed by atoms with Crippen LogP contribution in [0.3, 0.4) is 0 Å². The van der Waals surface area contributed by atoms with Crippen LogP contribution in [0.4, 0.5) is 10.1 Å². The van der Waals surface area contributed by atoms with E-state index in [0.29, 0.717) is 16.8 Å². The highest BCUT2D eigenvalue weighted by atomic mass is 35.5. The molecule has 0 heterocycles. The molecule has 0 radical (unpaired) electrons. The molecule has 194 valence electrons. The van der Waals surface area contributed by atoms with Crippen molar-refractivity contribution in [2.75, 3.05) is 5.32 Å². The highest BCUT2D eigenvalue weighted by molar-refractivity contribution is 6.32. The molecule has 2 amide bonds. The number of amides is 2. The van der Waals surface area contributed by atoms with Crippen LogP contribution in [0.25, 0.3) is 12.2 Å². The van der Waals surface area contributed by atoms with Crippen LogP contribution < -0.4 is 10.6 Å². The summed E-state index contributed by atoms with van der Waals surface area (Å²) in [7, 11) is 0. The summed E-state index contributed by atoms with van der Waals surface area (Å²) >= 11 is 6.15. The van der Waals surface area contributed by atoms with Gasteiger partial charge in [-0.3, -0.25) is 14.4 Å². The van der Waals surface area contributed by atoms with Crippen LogP contribution in [0, 0.1) is 12.7 Å². The Balaban J connectivity index is 1.53. The van der Waals surface area contributed by atoms with E-state index in [1.807, 2.05) is 31.2 Å². The zero-order chi connectivity index (χ0) is 27.8. The van der Waals surface area contributed by atoms with Crippen LogP contribution in [0.1, 0.15) is 37.4 Å². The maximum absolute atomic E-state index is 14.5. The quantitative estimate of drug-likeness (QED) is 0.186. The molecular formula is C32H24ClFN2O3. The number of hydrogen-bond donors (Lipinski definition) is 2. The first kappa shape index (κ1) is 27.2. The zero-order valence-corrected chi connectivity index (χ0v) is 21.7. The van der Waals surface area contributed by atoms with Gasteiger partial charge in [-0.2, -0.15) is 0 Å². The summed E-state index contributed by atoms with van der Waals surface area (Å²) < 4.78 is 14.5. The van der Waals surface area contributed by atoms with Crippen LogP contribution in [-0.2, 0) is 4.79 Å². The summed E-state index contributed by atoms with van der Waals surface area (Å²) in [5, 5.41) is 5.29. The maximum Gasteiger partial charge on any atom is 0.272 e. The number of aryl methyl sites for hydroxylation is 1. The van der Waals surface area contributed by atoms with Gasteiger partial charge in [-0.25, -0.2) is 4.39 Å². The minimum Gasteiger partial charge on any atom is -0.321 e. The first-order valence-electron chi connectivity index (χ1n) is 12.0. The number of ketones is 1. The second-order valence-electron chi connectivity index (χ2n) is 8.66. The smallest absolute Gasteiger partial charge is 0.272 e. The van der Waals surface area contributed by atoms with Crippen LogP contribution in [0.2, 0.25) is 5.02 Å². The number of carbonyl (C=O) groups excluding carboxylic acids is 3. The van der Waals surface area contributed by atoms with Crippen molar-refractivity contribution in [3.8, 4) is 0 Å². The number of rotatable bonds is 8. The third-order valence-corrected chi connectivity index (χ3v) is 6.04. The van der Waals surface area contributed by atoms with Gasteiger partial charge in [0.2, 0.25) is 0 Å². The normalized spacial score (nSPS) is 11.3. The van der Waals surface area contributed by atoms with Gasteiger partial charge in [0, 0.05) is 22.4 Å². The van der Waals surface area contributed by atoms with Gasteiger partial charge in [-0.1, -0.05) is 71.8 Å². The summed E-state index contributed by atoms with van der Waals surface area (Å²) in [5.74, 6) is -2.09. The Hall–Kier alpha value is -4.81. The van der Waals surface area contributed by atoms with Crippen LogP contribution in [-0.4, -0.2) is 17.6 Å². The molecule has 0 atom stereocenters. The van der Waals surface area contributed by atoms with Crippen LogP contribution in [0.5, 0.6) is 0 Å². The van der Waals surface area contributed by atoms with Crippen molar-refractivity contribution in [1.29, 1.82) is 0 Å². The molecule has 0 spiro atoms. The number of anilines is 1. The van der Waals surface area contributed by atoms with Crippen LogP contribution in [0.15, 0.2) is 109 Å². The molecule has 4 rings (SSSR count). The Labute approximate surface area is 230 Å². The van der Waals surface area contributed by atoms with Crippen molar-refractivity contribution in [1.82, 2.24) is 5.32 Å². The molecule has 0 aliphatic carbocycles. The average Bonchev–Trinajstić information content (AvgIpc) is 2.94. The molecule has 0 aliphatic heterocycles. The highest BCUT2D eigenvalue weighted by Gasteiger charge is 2.17. The minimum atomic E-state index is -0.697. The Bertz CT molecular complexity index is 1560. The molecule has 4 aromatic rings. The minimum absolute atomic E-state index is 0.0426. The Morgan fingerprint density at radius 1 is 0.821 bits per heavy atom. The molecule has 0 bridgehead atoms. The van der Waals surface area contributed by atoms with Gasteiger partial charge < -0.3 is 10.6 Å². The van der Waals surface area contributed by atoms with E-state index in [2.05, 4.69) is 10.6 Å². The number of nitrogens with one attached hydrogen (secondary N) is 2. The maximum atomic E-state index is 14.5. The molecule has 0 fully saturated rings. The van der Waals surface area contributed by atoms with Gasteiger partial charge in [-0.15, -0.1) is 0 Å². The second-order valence-corrected chi connectivity index (χ2v) is 9.06. The fourth-order valence-corrected chi connectivity index (χ4v) is 3.91. The highest BCUT2D eigenvalue weighted by Crippen LogP contribution is 2.22. The molecule has 0 saturated heterocycles. The van der Waals surface area contributed by atoms with Gasteiger partial charge in [0.25, 0.3) is 11.8 Å². The van der Waals surface area contributed by atoms with Crippen molar-refractivity contribution in [3.05, 3.63) is 147 Å². The SMILES string of the molecule is Cc1cccc(/C=C/C(=O)c2ccc(NC(=O)/C(=C/c3c(F)cccc3Cl)NC(=O)c3ccccc3)cc2)c1. The molecular weight excluding hydrogens is 515 g/mol. The summed E-state index contributed by atoms with van der Waals surface area (Å²) in [5.41, 5.74) is 2.88. The first-order valence-corrected chi connectivity index (χ1v) is 12.4. The van der Waals surface area contributed by atoms with Crippen molar-refractivity contribution in [3.63, 3.8) is 0 Å². The fraction of sp³-hybridized carbons (Fsp3) is 0.0312. The van der Waals surface area contributed by atoms with Crippen molar-refractivity contribution < 1.29 is 18.8 Å². The molecule has 0 saturated carbocycles. The summed E-state index contributed by atoms with van der Waals surface area (Å²) in [4.78, 5) is 38.5. The number of allylic oxidation sites excluding steroid dienone is 1. The van der Waals surface area contributed by atoms with Gasteiger partial charge in [0.1, 0.15) is 11.5 Å². The molecule has 4 aromatic carbocycles. The van der Waals surface area contributed by atoms with E-state index < -0.39 is 17.6 Å². The Kier molecular flexibility index (Phi) is 8.82. The Morgan fingerprint density at radius 2 is 1.54 bits per heavy atom. The summed E-state index contributed by atoms with van der Waals surface area (Å²) in [6, 6.07) is 26.5. The predicted octanol–water partition coefficient (Wildman–Crippen LogP) is 7.09. The van der Waals surface area contributed by atoms with E-state index in [4.69, 9.17) is 11.6 Å². The largest absolute Gasteiger partial charge is 0.321 e. The summed E-state index contributed by atoms with van der Waals surface area (Å²) in [6.45, 7) is 1.98. The lowest BCUT2D eigenvalue weighted by atomic mass is 10.1. The third-order valence-electron chi connectivity index (χ3n) is 5.71. The monoisotopic (exact) mass is 538 g/mol. The fourth-order valence-electron chi connectivity index (χ4n) is 3.69.